The Labute approximate surface area is 57.4 Å². The largest absolute Gasteiger partial charge is 0.362 e. The molecule has 54 valence electrons. The fourth-order valence-electron chi connectivity index (χ4n) is 0.239. The lowest BCUT2D eigenvalue weighted by molar-refractivity contribution is -0.00740. The standard InChI is InChI=1S/C4H7N5O/c1-3(8-6)2-7-9-4(5)10/h2H2,1H3,(H2,5,10). The molecule has 10 heavy (non-hydrogen) atoms. The van der Waals surface area contributed by atoms with Crippen molar-refractivity contribution in [1.29, 1.82) is 0 Å². The fourth-order valence-corrected chi connectivity index (χ4v) is 0.239. The summed E-state index contributed by atoms with van der Waals surface area (Å²) in [4.78, 5) is 12.7. The first kappa shape index (κ1) is 8.45. The molecule has 0 unspecified atom stereocenters. The van der Waals surface area contributed by atoms with Crippen LogP contribution in [-0.4, -0.2) is 23.1 Å². The summed E-state index contributed by atoms with van der Waals surface area (Å²) in [5.74, 6) is 0. The number of hydrogen-bond acceptors (Lipinski definition) is 2. The van der Waals surface area contributed by atoms with Crippen LogP contribution in [0.3, 0.4) is 0 Å². The van der Waals surface area contributed by atoms with Gasteiger partial charge >= 0.3 is 6.03 Å². The van der Waals surface area contributed by atoms with Crippen LogP contribution in [-0.2, 0) is 0 Å². The van der Waals surface area contributed by atoms with E-state index in [0.29, 0.717) is 5.71 Å². The van der Waals surface area contributed by atoms with Crippen LogP contribution in [0.25, 0.3) is 5.53 Å². The SMILES string of the molecule is CC(CN=NC(N)=O)=[N+]=[N-]. The van der Waals surface area contributed by atoms with Crippen LogP contribution in [0.15, 0.2) is 10.2 Å². The molecule has 0 bridgehead atoms. The van der Waals surface area contributed by atoms with E-state index in [9.17, 15) is 4.79 Å². The van der Waals surface area contributed by atoms with Crippen LogP contribution in [0.1, 0.15) is 6.92 Å². The van der Waals surface area contributed by atoms with Crippen molar-refractivity contribution in [2.45, 2.75) is 6.92 Å². The number of azo groups is 1. The summed E-state index contributed by atoms with van der Waals surface area (Å²) in [6.07, 6.45) is 0. The zero-order chi connectivity index (χ0) is 7.98. The maximum atomic E-state index is 9.93. The second-order valence-electron chi connectivity index (χ2n) is 1.57. The van der Waals surface area contributed by atoms with Gasteiger partial charge in [0.15, 0.2) is 6.54 Å². The number of urea groups is 1. The van der Waals surface area contributed by atoms with Crippen LogP contribution in [0.2, 0.25) is 0 Å². The molecule has 6 nitrogen and oxygen atoms in total. The molecule has 0 rings (SSSR count). The Morgan fingerprint density at radius 2 is 2.40 bits per heavy atom. The first-order valence-electron chi connectivity index (χ1n) is 2.51. The van der Waals surface area contributed by atoms with Crippen molar-refractivity contribution in [2.75, 3.05) is 6.54 Å². The molecule has 0 aromatic carbocycles. The summed E-state index contributed by atoms with van der Waals surface area (Å²) in [6.45, 7) is 1.62. The number of carbonyl (C=O) groups is 1. The van der Waals surface area contributed by atoms with Gasteiger partial charge in [-0.1, -0.05) is 5.11 Å². The van der Waals surface area contributed by atoms with E-state index in [-0.39, 0.29) is 6.54 Å². The van der Waals surface area contributed by atoms with Crippen LogP contribution in [0.5, 0.6) is 0 Å². The van der Waals surface area contributed by atoms with Crippen LogP contribution < -0.4 is 5.73 Å². The summed E-state index contributed by atoms with van der Waals surface area (Å²) < 4.78 is 0. The molecule has 0 aliphatic heterocycles. The average Bonchev–Trinajstić information content (AvgIpc) is 1.87. The van der Waals surface area contributed by atoms with E-state index in [1.54, 1.807) is 6.92 Å². The molecular formula is C4H7N5O. The smallest absolute Gasteiger partial charge is 0.356 e. The number of carbonyl (C=O) groups excluding carboxylic acids is 1. The first-order chi connectivity index (χ1) is 4.66. The lowest BCUT2D eigenvalue weighted by Gasteiger charge is -1.78. The van der Waals surface area contributed by atoms with E-state index < -0.39 is 6.03 Å². The zero-order valence-electron chi connectivity index (χ0n) is 5.48. The summed E-state index contributed by atoms with van der Waals surface area (Å²) >= 11 is 0. The minimum atomic E-state index is -0.856. The van der Waals surface area contributed by atoms with Crippen LogP contribution >= 0.6 is 0 Å². The van der Waals surface area contributed by atoms with E-state index >= 15 is 0 Å². The van der Waals surface area contributed by atoms with Crippen molar-refractivity contribution in [3.63, 3.8) is 0 Å². The number of nitrogens with two attached hydrogens (primary N) is 1. The van der Waals surface area contributed by atoms with Gasteiger partial charge in [0.2, 0.25) is 0 Å². The Bertz CT molecular complexity index is 202. The summed E-state index contributed by atoms with van der Waals surface area (Å²) in [7, 11) is 0. The van der Waals surface area contributed by atoms with Crippen LogP contribution in [0, 0.1) is 0 Å². The van der Waals surface area contributed by atoms with Crippen molar-refractivity contribution < 1.29 is 9.58 Å². The van der Waals surface area contributed by atoms with Crippen molar-refractivity contribution in [3.05, 3.63) is 5.53 Å². The van der Waals surface area contributed by atoms with E-state index in [1.807, 2.05) is 0 Å². The Kier molecular flexibility index (Phi) is 3.67. The minimum Gasteiger partial charge on any atom is -0.362 e. The molecule has 0 saturated heterocycles. The zero-order valence-corrected chi connectivity index (χ0v) is 5.48. The number of primary amides is 1. The molecule has 0 aliphatic rings. The predicted molar refractivity (Wildman–Crippen MR) is 33.6 cm³/mol. The Morgan fingerprint density at radius 3 is 2.80 bits per heavy atom. The Morgan fingerprint density at radius 1 is 1.80 bits per heavy atom. The van der Waals surface area contributed by atoms with Crippen LogP contribution in [0.4, 0.5) is 4.79 Å². The number of hydrogen-bond donors (Lipinski definition) is 1. The van der Waals surface area contributed by atoms with E-state index in [1.165, 1.54) is 0 Å². The van der Waals surface area contributed by atoms with Gasteiger partial charge in [0.25, 0.3) is 5.71 Å². The summed E-state index contributed by atoms with van der Waals surface area (Å²) in [5, 5.41) is 6.29. The highest BCUT2D eigenvalue weighted by molar-refractivity contribution is 5.78. The molecule has 0 radical (unpaired) electrons. The monoisotopic (exact) mass is 141 g/mol. The highest BCUT2D eigenvalue weighted by Crippen LogP contribution is 1.76. The van der Waals surface area contributed by atoms with Gasteiger partial charge in [-0.3, -0.25) is 0 Å². The third-order valence-electron chi connectivity index (χ3n) is 0.640. The molecule has 6 heteroatoms. The molecule has 0 heterocycles. The molecule has 0 fully saturated rings. The van der Waals surface area contributed by atoms with Gasteiger partial charge in [-0.15, -0.1) is 0 Å². The molecule has 0 aliphatic carbocycles. The van der Waals surface area contributed by atoms with Crippen molar-refractivity contribution in [1.82, 2.24) is 0 Å². The molecule has 0 spiro atoms. The molecule has 0 aromatic heterocycles. The molecular weight excluding hydrogens is 134 g/mol. The molecule has 0 saturated carbocycles. The van der Waals surface area contributed by atoms with Gasteiger partial charge in [0.1, 0.15) is 0 Å². The normalized spacial score (nSPS) is 9.30. The van der Waals surface area contributed by atoms with Gasteiger partial charge in [-0.05, 0) is 0 Å². The Hall–Kier alpha value is -1.55. The average molecular weight is 141 g/mol. The fraction of sp³-hybridized carbons (Fsp3) is 0.500. The second kappa shape index (κ2) is 4.34. The predicted octanol–water partition coefficient (Wildman–Crippen LogP) is 0.208. The quantitative estimate of drug-likeness (QED) is 0.331. The first-order valence-corrected chi connectivity index (χ1v) is 2.51. The van der Waals surface area contributed by atoms with Gasteiger partial charge < -0.3 is 11.3 Å². The molecule has 2 N–H and O–H groups in total. The van der Waals surface area contributed by atoms with Gasteiger partial charge in [-0.2, -0.15) is 9.90 Å². The number of nitrogens with zero attached hydrogens (tertiary/aromatic N) is 4. The van der Waals surface area contributed by atoms with Crippen molar-refractivity contribution >= 4 is 11.7 Å². The summed E-state index contributed by atoms with van der Waals surface area (Å²) in [6, 6.07) is -0.856. The summed E-state index contributed by atoms with van der Waals surface area (Å²) in [5.41, 5.74) is 13.1. The second-order valence-corrected chi connectivity index (χ2v) is 1.57. The molecule has 0 atom stereocenters. The molecule has 0 aromatic rings. The van der Waals surface area contributed by atoms with E-state index in [2.05, 4.69) is 20.8 Å². The minimum absolute atomic E-state index is 0.0828. The third kappa shape index (κ3) is 4.61. The Balaban J connectivity index is 3.75. The van der Waals surface area contributed by atoms with Gasteiger partial charge in [0, 0.05) is 6.92 Å². The third-order valence-corrected chi connectivity index (χ3v) is 0.640. The highest BCUT2D eigenvalue weighted by Gasteiger charge is 1.95. The number of rotatable bonds is 2. The van der Waals surface area contributed by atoms with Gasteiger partial charge in [-0.25, -0.2) is 4.79 Å². The van der Waals surface area contributed by atoms with Crippen molar-refractivity contribution in [3.8, 4) is 0 Å². The number of amides is 2. The topological polar surface area (TPSA) is 104 Å². The highest BCUT2D eigenvalue weighted by atomic mass is 16.2. The molecule has 2 amide bonds. The van der Waals surface area contributed by atoms with Gasteiger partial charge in [0.05, 0.1) is 0 Å². The van der Waals surface area contributed by atoms with E-state index in [4.69, 9.17) is 5.53 Å². The van der Waals surface area contributed by atoms with Crippen molar-refractivity contribution in [2.24, 2.45) is 16.0 Å². The van der Waals surface area contributed by atoms with E-state index in [0.717, 1.165) is 0 Å². The lowest BCUT2D eigenvalue weighted by Crippen LogP contribution is -2.04. The maximum absolute atomic E-state index is 9.93. The lowest BCUT2D eigenvalue weighted by atomic mass is 10.4. The maximum Gasteiger partial charge on any atom is 0.356 e.